The molecule has 35 heavy (non-hydrogen) atoms. The molecule has 1 N–H and O–H groups in total. The summed E-state index contributed by atoms with van der Waals surface area (Å²) in [5.74, 6) is 1.16. The lowest BCUT2D eigenvalue weighted by atomic mass is 9.91. The van der Waals surface area contributed by atoms with Gasteiger partial charge in [0.25, 0.3) is 5.56 Å². The molecule has 1 saturated carbocycles. The highest BCUT2D eigenvalue weighted by atomic mass is 32.2. The third-order valence-electron chi connectivity index (χ3n) is 7.13. The van der Waals surface area contributed by atoms with Crippen LogP contribution in [-0.4, -0.2) is 47.4 Å². The lowest BCUT2D eigenvalue weighted by Gasteiger charge is -2.31. The molecule has 3 aromatic rings. The first-order valence-corrected chi connectivity index (χ1v) is 13.3. The van der Waals surface area contributed by atoms with E-state index in [4.69, 9.17) is 0 Å². The van der Waals surface area contributed by atoms with E-state index in [-0.39, 0.29) is 47.3 Å². The van der Waals surface area contributed by atoms with Crippen molar-refractivity contribution in [2.75, 3.05) is 11.5 Å². The van der Waals surface area contributed by atoms with Gasteiger partial charge in [-0.1, -0.05) is 0 Å². The molecule has 2 aliphatic rings. The average molecular weight is 501 g/mol. The topological polar surface area (TPSA) is 104 Å². The smallest absolute Gasteiger partial charge is 0.333 e. The van der Waals surface area contributed by atoms with E-state index < -0.39 is 11.4 Å². The van der Waals surface area contributed by atoms with Crippen LogP contribution >= 0.6 is 11.8 Å². The van der Waals surface area contributed by atoms with Crippen molar-refractivity contribution in [3.63, 3.8) is 0 Å². The normalized spacial score (nSPS) is 21.3. The van der Waals surface area contributed by atoms with Gasteiger partial charge in [0.05, 0.1) is 11.6 Å². The summed E-state index contributed by atoms with van der Waals surface area (Å²) in [4.78, 5) is 43.6. The van der Waals surface area contributed by atoms with E-state index in [2.05, 4.69) is 15.4 Å². The molecule has 1 aliphatic carbocycles. The van der Waals surface area contributed by atoms with Crippen LogP contribution in [0, 0.1) is 12.7 Å². The quantitative estimate of drug-likeness (QED) is 0.578. The predicted octanol–water partition coefficient (Wildman–Crippen LogP) is 2.57. The van der Waals surface area contributed by atoms with Gasteiger partial charge < -0.3 is 5.32 Å². The number of hydrogen-bond acceptors (Lipinski definition) is 6. The maximum atomic E-state index is 14.1. The molecule has 0 spiro atoms. The second-order valence-electron chi connectivity index (χ2n) is 9.40. The zero-order valence-electron chi connectivity index (χ0n) is 19.7. The Morgan fingerprint density at radius 1 is 1.11 bits per heavy atom. The zero-order chi connectivity index (χ0) is 24.5. The zero-order valence-corrected chi connectivity index (χ0v) is 20.5. The van der Waals surface area contributed by atoms with E-state index in [0.29, 0.717) is 25.7 Å². The van der Waals surface area contributed by atoms with Crippen LogP contribution in [0.5, 0.6) is 0 Å². The van der Waals surface area contributed by atoms with Gasteiger partial charge in [0, 0.05) is 30.0 Å². The monoisotopic (exact) mass is 500 g/mol. The number of carbonyl (C=O) groups is 1. The summed E-state index contributed by atoms with van der Waals surface area (Å²) in [5, 5.41) is 7.34. The van der Waals surface area contributed by atoms with Crippen molar-refractivity contribution >= 4 is 28.7 Å². The number of nitrogens with one attached hydrogen (secondary N) is 1. The SMILES string of the molecule is Cc1ccnn1CC(=O)NC1CCC(n2c(=O)c3cc(F)cnc3n(C3CCSCC3)c2=O)CC1. The Bertz CT molecular complexity index is 1350. The van der Waals surface area contributed by atoms with Crippen LogP contribution in [0.2, 0.25) is 0 Å². The summed E-state index contributed by atoms with van der Waals surface area (Å²) in [6.07, 6.45) is 6.82. The highest BCUT2D eigenvalue weighted by Crippen LogP contribution is 2.30. The summed E-state index contributed by atoms with van der Waals surface area (Å²) >= 11 is 1.84. The first-order valence-electron chi connectivity index (χ1n) is 12.1. The van der Waals surface area contributed by atoms with Gasteiger partial charge in [0.2, 0.25) is 5.91 Å². The van der Waals surface area contributed by atoms with Crippen molar-refractivity contribution in [2.24, 2.45) is 0 Å². The Hall–Kier alpha value is -2.95. The summed E-state index contributed by atoms with van der Waals surface area (Å²) in [6.45, 7) is 2.05. The third kappa shape index (κ3) is 4.78. The van der Waals surface area contributed by atoms with Crippen molar-refractivity contribution < 1.29 is 9.18 Å². The van der Waals surface area contributed by atoms with Crippen LogP contribution in [0.3, 0.4) is 0 Å². The van der Waals surface area contributed by atoms with Crippen LogP contribution in [0.1, 0.15) is 56.3 Å². The minimum atomic E-state index is -0.593. The highest BCUT2D eigenvalue weighted by molar-refractivity contribution is 7.99. The number of nitrogens with zero attached hydrogens (tertiary/aromatic N) is 5. The molecule has 0 aromatic carbocycles. The lowest BCUT2D eigenvalue weighted by Crippen LogP contribution is -2.46. The maximum Gasteiger partial charge on any atom is 0.333 e. The van der Waals surface area contributed by atoms with E-state index in [1.165, 1.54) is 10.6 Å². The molecule has 1 amide bonds. The number of aromatic nitrogens is 5. The number of rotatable bonds is 5. The number of hydrogen-bond donors (Lipinski definition) is 1. The van der Waals surface area contributed by atoms with E-state index in [9.17, 15) is 18.8 Å². The molecule has 1 saturated heterocycles. The predicted molar refractivity (Wildman–Crippen MR) is 132 cm³/mol. The molecule has 1 aliphatic heterocycles. The minimum absolute atomic E-state index is 0.0255. The third-order valence-corrected chi connectivity index (χ3v) is 8.18. The Morgan fingerprint density at radius 3 is 2.51 bits per heavy atom. The summed E-state index contributed by atoms with van der Waals surface area (Å²) in [6, 6.07) is 2.66. The molecular weight excluding hydrogens is 471 g/mol. The fraction of sp³-hybridized carbons (Fsp3) is 0.542. The van der Waals surface area contributed by atoms with E-state index in [0.717, 1.165) is 36.2 Å². The molecule has 0 radical (unpaired) electrons. The van der Waals surface area contributed by atoms with Gasteiger partial charge in [-0.3, -0.25) is 23.4 Å². The maximum absolute atomic E-state index is 14.1. The largest absolute Gasteiger partial charge is 0.352 e. The van der Waals surface area contributed by atoms with Crippen LogP contribution in [0.15, 0.2) is 34.1 Å². The Morgan fingerprint density at radius 2 is 1.83 bits per heavy atom. The summed E-state index contributed by atoms with van der Waals surface area (Å²) < 4.78 is 18.6. The number of amides is 1. The second-order valence-corrected chi connectivity index (χ2v) is 10.6. The van der Waals surface area contributed by atoms with E-state index >= 15 is 0 Å². The molecule has 0 unspecified atom stereocenters. The Kier molecular flexibility index (Phi) is 6.77. The first kappa shape index (κ1) is 23.8. The molecule has 186 valence electrons. The molecule has 5 rings (SSSR count). The fourth-order valence-electron chi connectivity index (χ4n) is 5.25. The number of pyridine rings is 1. The van der Waals surface area contributed by atoms with Crippen molar-refractivity contribution in [2.45, 2.75) is 70.1 Å². The van der Waals surface area contributed by atoms with Crippen LogP contribution in [0.25, 0.3) is 11.0 Å². The molecule has 0 bridgehead atoms. The van der Waals surface area contributed by atoms with Crippen molar-refractivity contribution in [3.8, 4) is 0 Å². The van der Waals surface area contributed by atoms with Gasteiger partial charge in [-0.15, -0.1) is 0 Å². The minimum Gasteiger partial charge on any atom is -0.352 e. The molecule has 9 nitrogen and oxygen atoms in total. The van der Waals surface area contributed by atoms with E-state index in [1.807, 2.05) is 24.8 Å². The average Bonchev–Trinajstić information content (AvgIpc) is 3.25. The second kappa shape index (κ2) is 9.96. The molecule has 2 fully saturated rings. The van der Waals surface area contributed by atoms with Crippen molar-refractivity contribution in [1.82, 2.24) is 29.2 Å². The van der Waals surface area contributed by atoms with Crippen molar-refractivity contribution in [1.29, 1.82) is 0 Å². The molecule has 3 aromatic heterocycles. The highest BCUT2D eigenvalue weighted by Gasteiger charge is 2.29. The lowest BCUT2D eigenvalue weighted by molar-refractivity contribution is -0.122. The van der Waals surface area contributed by atoms with Gasteiger partial charge in [0.15, 0.2) is 0 Å². The number of fused-ring (bicyclic) bond motifs is 1. The molecular formula is C24H29FN6O3S. The van der Waals surface area contributed by atoms with Crippen LogP contribution in [0.4, 0.5) is 4.39 Å². The number of thioether (sulfide) groups is 1. The fourth-order valence-corrected chi connectivity index (χ4v) is 6.33. The number of aryl methyl sites for hydroxylation is 1. The van der Waals surface area contributed by atoms with Crippen molar-refractivity contribution in [3.05, 3.63) is 56.9 Å². The van der Waals surface area contributed by atoms with Gasteiger partial charge in [-0.25, -0.2) is 14.2 Å². The number of halogens is 1. The van der Waals surface area contributed by atoms with Crippen LogP contribution in [-0.2, 0) is 11.3 Å². The Labute approximate surface area is 205 Å². The standard InChI is InChI=1S/C24H29FN6O3S/c1-15-6-9-27-29(15)14-21(32)28-17-2-4-18(5-3-17)31-23(33)20-12-16(25)13-26-22(20)30(24(31)34)19-7-10-35-11-8-19/h6,9,12-13,17-19H,2-5,7-8,10-11,14H2,1H3,(H,28,32). The first-order chi connectivity index (χ1) is 16.9. The van der Waals surface area contributed by atoms with Crippen LogP contribution < -0.4 is 16.6 Å². The molecule has 0 atom stereocenters. The van der Waals surface area contributed by atoms with Gasteiger partial charge in [-0.05, 0) is 69.1 Å². The number of carbonyl (C=O) groups excluding carboxylic acids is 1. The summed E-state index contributed by atoms with van der Waals surface area (Å²) in [5.41, 5.74) is 0.336. The van der Waals surface area contributed by atoms with Gasteiger partial charge in [-0.2, -0.15) is 16.9 Å². The van der Waals surface area contributed by atoms with E-state index in [1.54, 1.807) is 15.4 Å². The summed E-state index contributed by atoms with van der Waals surface area (Å²) in [7, 11) is 0. The van der Waals surface area contributed by atoms with Gasteiger partial charge in [0.1, 0.15) is 18.0 Å². The Balaban J connectivity index is 1.38. The molecule has 4 heterocycles. The van der Waals surface area contributed by atoms with Gasteiger partial charge >= 0.3 is 5.69 Å². The molecule has 11 heteroatoms.